The first-order valence-electron chi connectivity index (χ1n) is 4.74. The summed E-state index contributed by atoms with van der Waals surface area (Å²) in [5, 5.41) is 4.10. The van der Waals surface area contributed by atoms with Crippen LogP contribution in [0.15, 0.2) is 18.2 Å². The Balaban J connectivity index is 2.53. The van der Waals surface area contributed by atoms with Crippen molar-refractivity contribution >= 4 is 17.3 Å². The molecular formula is C11H17ClN2. The van der Waals surface area contributed by atoms with E-state index in [-0.39, 0.29) is 0 Å². The number of anilines is 1. The summed E-state index contributed by atoms with van der Waals surface area (Å²) in [6.07, 6.45) is 0. The molecule has 0 spiro atoms. The van der Waals surface area contributed by atoms with Crippen LogP contribution >= 0.6 is 11.6 Å². The lowest BCUT2D eigenvalue weighted by atomic mass is 10.2. The fraction of sp³-hybridized carbons (Fsp3) is 0.455. The molecule has 0 aliphatic carbocycles. The maximum Gasteiger partial charge on any atom is 0.0637 e. The molecule has 0 radical (unpaired) electrons. The summed E-state index contributed by atoms with van der Waals surface area (Å²) >= 11 is 6.04. The van der Waals surface area contributed by atoms with E-state index in [1.165, 1.54) is 5.56 Å². The average molecular weight is 213 g/mol. The highest BCUT2D eigenvalue weighted by molar-refractivity contribution is 6.33. The molecule has 1 rings (SSSR count). The van der Waals surface area contributed by atoms with Crippen molar-refractivity contribution in [3.63, 3.8) is 0 Å². The second-order valence-electron chi connectivity index (χ2n) is 3.71. The first-order chi connectivity index (χ1) is 6.59. The van der Waals surface area contributed by atoms with Gasteiger partial charge < -0.3 is 10.2 Å². The normalized spacial score (nSPS) is 10.6. The highest BCUT2D eigenvalue weighted by Crippen LogP contribution is 2.22. The van der Waals surface area contributed by atoms with Crippen LogP contribution < -0.4 is 5.32 Å². The SMILES string of the molecule is Cc1ccc(Cl)c(NCCN(C)C)c1. The Bertz CT molecular complexity index is 297. The molecule has 1 aromatic carbocycles. The van der Waals surface area contributed by atoms with Crippen molar-refractivity contribution in [2.24, 2.45) is 0 Å². The lowest BCUT2D eigenvalue weighted by molar-refractivity contribution is 0.425. The van der Waals surface area contributed by atoms with Crippen LogP contribution in [0, 0.1) is 6.92 Å². The van der Waals surface area contributed by atoms with E-state index in [9.17, 15) is 0 Å². The predicted octanol–water partition coefficient (Wildman–Crippen LogP) is 2.62. The summed E-state index contributed by atoms with van der Waals surface area (Å²) < 4.78 is 0. The molecule has 0 amide bonds. The molecule has 0 saturated heterocycles. The second-order valence-corrected chi connectivity index (χ2v) is 4.12. The molecule has 0 aromatic heterocycles. The molecular weight excluding hydrogens is 196 g/mol. The average Bonchev–Trinajstić information content (AvgIpc) is 2.10. The summed E-state index contributed by atoms with van der Waals surface area (Å²) in [5.41, 5.74) is 2.25. The highest BCUT2D eigenvalue weighted by Gasteiger charge is 1.99. The first kappa shape index (κ1) is 11.3. The smallest absolute Gasteiger partial charge is 0.0637 e. The van der Waals surface area contributed by atoms with E-state index in [1.807, 2.05) is 12.1 Å². The van der Waals surface area contributed by atoms with Gasteiger partial charge in [-0.05, 0) is 38.7 Å². The molecule has 78 valence electrons. The van der Waals surface area contributed by atoms with Gasteiger partial charge in [0.25, 0.3) is 0 Å². The quantitative estimate of drug-likeness (QED) is 0.826. The van der Waals surface area contributed by atoms with E-state index in [0.29, 0.717) is 0 Å². The number of likely N-dealkylation sites (N-methyl/N-ethyl adjacent to an activating group) is 1. The van der Waals surface area contributed by atoms with Gasteiger partial charge in [0.2, 0.25) is 0 Å². The van der Waals surface area contributed by atoms with E-state index < -0.39 is 0 Å². The number of rotatable bonds is 4. The molecule has 2 nitrogen and oxygen atoms in total. The van der Waals surface area contributed by atoms with Crippen LogP contribution in [0.2, 0.25) is 5.02 Å². The summed E-state index contributed by atoms with van der Waals surface area (Å²) in [4.78, 5) is 2.14. The van der Waals surface area contributed by atoms with Crippen molar-refractivity contribution in [1.29, 1.82) is 0 Å². The van der Waals surface area contributed by atoms with Crippen molar-refractivity contribution in [3.8, 4) is 0 Å². The molecule has 1 aromatic rings. The molecule has 0 fully saturated rings. The van der Waals surface area contributed by atoms with Crippen LogP contribution in [0.25, 0.3) is 0 Å². The van der Waals surface area contributed by atoms with Gasteiger partial charge in [-0.25, -0.2) is 0 Å². The van der Waals surface area contributed by atoms with Gasteiger partial charge in [-0.3, -0.25) is 0 Å². The topological polar surface area (TPSA) is 15.3 Å². The van der Waals surface area contributed by atoms with Crippen LogP contribution in [-0.4, -0.2) is 32.1 Å². The van der Waals surface area contributed by atoms with E-state index in [1.54, 1.807) is 0 Å². The Morgan fingerprint density at radius 1 is 1.36 bits per heavy atom. The van der Waals surface area contributed by atoms with E-state index >= 15 is 0 Å². The molecule has 1 N–H and O–H groups in total. The minimum absolute atomic E-state index is 0.786. The zero-order valence-electron chi connectivity index (χ0n) is 8.97. The summed E-state index contributed by atoms with van der Waals surface area (Å²) in [7, 11) is 4.11. The molecule has 0 saturated carbocycles. The van der Waals surface area contributed by atoms with Crippen LogP contribution in [0.3, 0.4) is 0 Å². The number of halogens is 1. The molecule has 0 aliphatic heterocycles. The van der Waals surface area contributed by atoms with Gasteiger partial charge in [0.15, 0.2) is 0 Å². The maximum absolute atomic E-state index is 6.04. The molecule has 0 atom stereocenters. The van der Waals surface area contributed by atoms with E-state index in [4.69, 9.17) is 11.6 Å². The van der Waals surface area contributed by atoms with Crippen molar-refractivity contribution in [2.75, 3.05) is 32.5 Å². The van der Waals surface area contributed by atoms with Crippen molar-refractivity contribution in [2.45, 2.75) is 6.92 Å². The van der Waals surface area contributed by atoms with Gasteiger partial charge >= 0.3 is 0 Å². The lowest BCUT2D eigenvalue weighted by Gasteiger charge is -2.12. The Morgan fingerprint density at radius 2 is 2.07 bits per heavy atom. The van der Waals surface area contributed by atoms with Crippen molar-refractivity contribution < 1.29 is 0 Å². The minimum Gasteiger partial charge on any atom is -0.383 e. The summed E-state index contributed by atoms with van der Waals surface area (Å²) in [5.74, 6) is 0. The van der Waals surface area contributed by atoms with Gasteiger partial charge in [-0.15, -0.1) is 0 Å². The molecule has 0 aliphatic rings. The number of benzene rings is 1. The fourth-order valence-electron chi connectivity index (χ4n) is 1.19. The predicted molar refractivity (Wildman–Crippen MR) is 63.2 cm³/mol. The number of hydrogen-bond acceptors (Lipinski definition) is 2. The van der Waals surface area contributed by atoms with Crippen molar-refractivity contribution in [3.05, 3.63) is 28.8 Å². The number of aryl methyl sites for hydroxylation is 1. The van der Waals surface area contributed by atoms with Crippen molar-refractivity contribution in [1.82, 2.24) is 4.90 Å². The highest BCUT2D eigenvalue weighted by atomic mass is 35.5. The monoisotopic (exact) mass is 212 g/mol. The third kappa shape index (κ3) is 3.56. The number of hydrogen-bond donors (Lipinski definition) is 1. The molecule has 3 heteroatoms. The van der Waals surface area contributed by atoms with E-state index in [0.717, 1.165) is 23.8 Å². The Kier molecular flexibility index (Phi) is 4.23. The van der Waals surface area contributed by atoms with Crippen LogP contribution in [0.1, 0.15) is 5.56 Å². The molecule has 0 bridgehead atoms. The first-order valence-corrected chi connectivity index (χ1v) is 5.12. The van der Waals surface area contributed by atoms with Gasteiger partial charge in [0.1, 0.15) is 0 Å². The van der Waals surface area contributed by atoms with Gasteiger partial charge in [-0.1, -0.05) is 17.7 Å². The molecule has 14 heavy (non-hydrogen) atoms. The third-order valence-electron chi connectivity index (χ3n) is 2.00. The Morgan fingerprint density at radius 3 is 2.71 bits per heavy atom. The van der Waals surface area contributed by atoms with Crippen LogP contribution in [0.4, 0.5) is 5.69 Å². The van der Waals surface area contributed by atoms with E-state index in [2.05, 4.69) is 37.3 Å². The Labute approximate surface area is 90.9 Å². The van der Waals surface area contributed by atoms with Gasteiger partial charge in [-0.2, -0.15) is 0 Å². The van der Waals surface area contributed by atoms with Crippen LogP contribution in [-0.2, 0) is 0 Å². The standard InChI is InChI=1S/C11H17ClN2/c1-9-4-5-10(12)11(8-9)13-6-7-14(2)3/h4-5,8,13H,6-7H2,1-3H3. The molecule has 0 heterocycles. The third-order valence-corrected chi connectivity index (χ3v) is 2.33. The number of nitrogens with zero attached hydrogens (tertiary/aromatic N) is 1. The second kappa shape index (κ2) is 5.23. The fourth-order valence-corrected chi connectivity index (χ4v) is 1.37. The van der Waals surface area contributed by atoms with Crippen LogP contribution in [0.5, 0.6) is 0 Å². The molecule has 0 unspecified atom stereocenters. The summed E-state index contributed by atoms with van der Waals surface area (Å²) in [6.45, 7) is 3.98. The summed E-state index contributed by atoms with van der Waals surface area (Å²) in [6, 6.07) is 6.01. The minimum atomic E-state index is 0.786. The largest absolute Gasteiger partial charge is 0.383 e. The van der Waals surface area contributed by atoms with Gasteiger partial charge in [0, 0.05) is 13.1 Å². The Hall–Kier alpha value is -0.730. The zero-order chi connectivity index (χ0) is 10.6. The lowest BCUT2D eigenvalue weighted by Crippen LogP contribution is -2.20. The maximum atomic E-state index is 6.04. The van der Waals surface area contributed by atoms with Gasteiger partial charge in [0.05, 0.1) is 10.7 Å². The number of nitrogens with one attached hydrogen (secondary N) is 1. The zero-order valence-corrected chi connectivity index (χ0v) is 9.73.